The summed E-state index contributed by atoms with van der Waals surface area (Å²) in [5, 5.41) is 8.18. The van der Waals surface area contributed by atoms with Crippen LogP contribution in [0.25, 0.3) is 56.6 Å². The Morgan fingerprint density at radius 2 is 0.964 bits per heavy atom. The smallest absolute Gasteiger partial charge is 0.00324 e. The first kappa shape index (κ1) is 15.4. The summed E-state index contributed by atoms with van der Waals surface area (Å²) < 4.78 is 0. The lowest BCUT2D eigenvalue weighted by atomic mass is 9.98. The van der Waals surface area contributed by atoms with Crippen molar-refractivity contribution in [1.29, 1.82) is 0 Å². The summed E-state index contributed by atoms with van der Waals surface area (Å²) in [4.78, 5) is 0. The van der Waals surface area contributed by atoms with Crippen LogP contribution in [0.1, 0.15) is 22.3 Å². The van der Waals surface area contributed by atoms with Gasteiger partial charge in [-0.1, -0.05) is 103 Å². The minimum Gasteiger partial charge on any atom is -0.0616 e. The standard InChI is InChI=1S/C16H10.C12H8/c1-2-7-14-12(4-1)10-13-6-3-5-11-8-9-15(14)16(11)13;1-3-9-4-2-6-11-8-7-10(5-1)12(9)11/h1-10H;1-8H. The van der Waals surface area contributed by atoms with E-state index in [1.54, 1.807) is 0 Å². The molecule has 0 saturated heterocycles. The van der Waals surface area contributed by atoms with E-state index in [2.05, 4.69) is 109 Å². The second-order valence-corrected chi connectivity index (χ2v) is 7.42. The molecule has 0 aliphatic heterocycles. The van der Waals surface area contributed by atoms with Crippen molar-refractivity contribution in [3.05, 3.63) is 107 Å². The fraction of sp³-hybridized carbons (Fsp3) is 0. The van der Waals surface area contributed by atoms with Crippen molar-refractivity contribution in [2.75, 3.05) is 0 Å². The molecule has 0 spiro atoms. The number of fused-ring (bicyclic) bond motifs is 2. The van der Waals surface area contributed by atoms with Gasteiger partial charge in [0.25, 0.3) is 0 Å². The van der Waals surface area contributed by atoms with Crippen LogP contribution in [0.5, 0.6) is 0 Å². The quantitative estimate of drug-likeness (QED) is 0.244. The van der Waals surface area contributed by atoms with Gasteiger partial charge in [0.2, 0.25) is 0 Å². The largest absolute Gasteiger partial charge is 0.0616 e. The first-order valence-electron chi connectivity index (χ1n) is 9.71. The third-order valence-corrected chi connectivity index (χ3v) is 5.80. The second kappa shape index (κ2) is 5.94. The monoisotopic (exact) mass is 354 g/mol. The molecule has 0 saturated carbocycles. The maximum absolute atomic E-state index is 2.28. The minimum atomic E-state index is 1.33. The molecular formula is C28H18. The molecule has 0 heteroatoms. The predicted molar refractivity (Wildman–Crippen MR) is 123 cm³/mol. The van der Waals surface area contributed by atoms with Gasteiger partial charge in [0.1, 0.15) is 0 Å². The molecule has 0 aromatic heterocycles. The van der Waals surface area contributed by atoms with E-state index in [1.807, 2.05) is 0 Å². The van der Waals surface area contributed by atoms with E-state index in [0.717, 1.165) is 0 Å². The molecule has 2 aliphatic rings. The van der Waals surface area contributed by atoms with Crippen LogP contribution >= 0.6 is 0 Å². The summed E-state index contributed by atoms with van der Waals surface area (Å²) in [6, 6.07) is 30.3. The molecule has 0 unspecified atom stereocenters. The predicted octanol–water partition coefficient (Wildman–Crippen LogP) is 7.80. The maximum atomic E-state index is 2.28. The van der Waals surface area contributed by atoms with Crippen LogP contribution < -0.4 is 0 Å². The molecule has 28 heavy (non-hydrogen) atoms. The van der Waals surface area contributed by atoms with Crippen LogP contribution in [0.4, 0.5) is 0 Å². The van der Waals surface area contributed by atoms with Gasteiger partial charge < -0.3 is 0 Å². The number of benzene rings is 5. The number of hydrogen-bond donors (Lipinski definition) is 0. The van der Waals surface area contributed by atoms with Crippen molar-refractivity contribution in [3.8, 4) is 0 Å². The summed E-state index contributed by atoms with van der Waals surface area (Å²) in [7, 11) is 0. The van der Waals surface area contributed by atoms with Gasteiger partial charge >= 0.3 is 0 Å². The highest BCUT2D eigenvalue weighted by Gasteiger charge is 2.11. The van der Waals surface area contributed by atoms with Crippen molar-refractivity contribution in [2.45, 2.75) is 0 Å². The Bertz CT molecular complexity index is 1410. The van der Waals surface area contributed by atoms with Crippen LogP contribution in [0.15, 0.2) is 84.9 Å². The Morgan fingerprint density at radius 3 is 1.71 bits per heavy atom. The Morgan fingerprint density at radius 1 is 0.393 bits per heavy atom. The highest BCUT2D eigenvalue weighted by Crippen LogP contribution is 2.36. The van der Waals surface area contributed by atoms with Crippen LogP contribution in [0.2, 0.25) is 0 Å². The fourth-order valence-corrected chi connectivity index (χ4v) is 4.53. The van der Waals surface area contributed by atoms with E-state index in [0.29, 0.717) is 0 Å². The van der Waals surface area contributed by atoms with Crippen LogP contribution in [-0.4, -0.2) is 0 Å². The Kier molecular flexibility index (Phi) is 3.27. The van der Waals surface area contributed by atoms with Crippen molar-refractivity contribution in [2.24, 2.45) is 0 Å². The molecule has 0 atom stereocenters. The molecule has 5 aromatic carbocycles. The van der Waals surface area contributed by atoms with Gasteiger partial charge in [-0.3, -0.25) is 0 Å². The molecule has 0 amide bonds. The first-order chi connectivity index (χ1) is 13.9. The molecule has 2 aliphatic carbocycles. The molecule has 130 valence electrons. The molecule has 7 rings (SSSR count). The third kappa shape index (κ3) is 2.25. The van der Waals surface area contributed by atoms with Gasteiger partial charge in [-0.05, 0) is 60.6 Å². The van der Waals surface area contributed by atoms with Gasteiger partial charge in [0.05, 0.1) is 0 Å². The minimum absolute atomic E-state index is 1.33. The molecular weight excluding hydrogens is 336 g/mol. The van der Waals surface area contributed by atoms with E-state index in [4.69, 9.17) is 0 Å². The molecule has 0 N–H and O–H groups in total. The summed E-state index contributed by atoms with van der Waals surface area (Å²) in [5.74, 6) is 0. The molecule has 0 bridgehead atoms. The lowest BCUT2D eigenvalue weighted by Gasteiger charge is -2.06. The van der Waals surface area contributed by atoms with Crippen LogP contribution in [0.3, 0.4) is 0 Å². The van der Waals surface area contributed by atoms with Crippen LogP contribution in [-0.2, 0) is 0 Å². The zero-order valence-electron chi connectivity index (χ0n) is 15.4. The number of rotatable bonds is 0. The van der Waals surface area contributed by atoms with Crippen molar-refractivity contribution < 1.29 is 0 Å². The topological polar surface area (TPSA) is 0 Å². The van der Waals surface area contributed by atoms with Crippen molar-refractivity contribution in [3.63, 3.8) is 0 Å². The normalized spacial score (nSPS) is 12.7. The average Bonchev–Trinajstić information content (AvgIpc) is 3.37. The fourth-order valence-electron chi connectivity index (χ4n) is 4.53. The van der Waals surface area contributed by atoms with Gasteiger partial charge in [-0.15, -0.1) is 0 Å². The van der Waals surface area contributed by atoms with Gasteiger partial charge in [-0.25, -0.2) is 0 Å². The lowest BCUT2D eigenvalue weighted by Crippen LogP contribution is -1.81. The van der Waals surface area contributed by atoms with Crippen LogP contribution in [0, 0.1) is 0 Å². The summed E-state index contributed by atoms with van der Waals surface area (Å²) >= 11 is 0. The van der Waals surface area contributed by atoms with Gasteiger partial charge in [-0.2, -0.15) is 0 Å². The molecule has 5 aromatic rings. The highest BCUT2D eigenvalue weighted by molar-refractivity contribution is 6.14. The zero-order valence-corrected chi connectivity index (χ0v) is 15.4. The summed E-state index contributed by atoms with van der Waals surface area (Å²) in [5.41, 5.74) is 5.42. The van der Waals surface area contributed by atoms with E-state index < -0.39 is 0 Å². The summed E-state index contributed by atoms with van der Waals surface area (Å²) in [6.45, 7) is 0. The molecule has 0 heterocycles. The Hall–Kier alpha value is -3.64. The highest BCUT2D eigenvalue weighted by atomic mass is 14.1. The van der Waals surface area contributed by atoms with E-state index in [-0.39, 0.29) is 0 Å². The average molecular weight is 354 g/mol. The lowest BCUT2D eigenvalue weighted by molar-refractivity contribution is 1.72. The maximum Gasteiger partial charge on any atom is -0.00324 e. The van der Waals surface area contributed by atoms with Gasteiger partial charge in [0, 0.05) is 0 Å². The van der Waals surface area contributed by atoms with Gasteiger partial charge in [0.15, 0.2) is 0 Å². The number of hydrogen-bond acceptors (Lipinski definition) is 0. The molecule has 0 fully saturated rings. The van der Waals surface area contributed by atoms with E-state index in [1.165, 1.54) is 54.6 Å². The van der Waals surface area contributed by atoms with Crippen molar-refractivity contribution >= 4 is 56.6 Å². The second-order valence-electron chi connectivity index (χ2n) is 7.42. The van der Waals surface area contributed by atoms with E-state index >= 15 is 0 Å². The van der Waals surface area contributed by atoms with Crippen molar-refractivity contribution in [1.82, 2.24) is 0 Å². The van der Waals surface area contributed by atoms with E-state index in [9.17, 15) is 0 Å². The molecule has 0 radical (unpaired) electrons. The first-order valence-corrected chi connectivity index (χ1v) is 9.71. The molecule has 0 nitrogen and oxygen atoms in total. The Labute approximate surface area is 164 Å². The summed E-state index contributed by atoms with van der Waals surface area (Å²) in [6.07, 6.45) is 8.80. The zero-order chi connectivity index (χ0) is 18.5. The SMILES string of the molecule is C1=Cc2c3ccccc3cc3cccc1c23.C1=Cc2cccc3cccc1c23. The third-order valence-electron chi connectivity index (χ3n) is 5.80. The Balaban J connectivity index is 0.000000116.